The normalized spacial score (nSPS) is 12.4. The molecule has 1 aromatic carbocycles. The zero-order chi connectivity index (χ0) is 20.3. The molecule has 0 aliphatic rings. The molecular weight excluding hydrogens is 342 g/mol. The Morgan fingerprint density at radius 1 is 1.16 bits per heavy atom. The molecule has 0 fully saturated rings. The summed E-state index contributed by atoms with van der Waals surface area (Å²) in [6, 6.07) is 3.55. The lowest BCUT2D eigenvalue weighted by atomic mass is 10.1. The number of carbonyl (C=O) groups excluding carboxylic acids is 1. The van der Waals surface area contributed by atoms with Crippen molar-refractivity contribution < 1.29 is 17.2 Å². The fourth-order valence-corrected chi connectivity index (χ4v) is 2.65. The molecular formula is C19H28ClNO4. The third kappa shape index (κ3) is 9.44. The third-order valence-corrected chi connectivity index (χ3v) is 4.15. The van der Waals surface area contributed by atoms with Crippen LogP contribution in [0, 0.1) is 10.1 Å². The van der Waals surface area contributed by atoms with Gasteiger partial charge in [-0.15, -0.1) is 0 Å². The number of carbonyl (C=O) groups is 1. The minimum atomic E-state index is -2.58. The number of benzene rings is 1. The van der Waals surface area contributed by atoms with E-state index in [2.05, 4.69) is 6.92 Å². The lowest BCUT2D eigenvalue weighted by Crippen LogP contribution is -2.06. The summed E-state index contributed by atoms with van der Waals surface area (Å²) in [6.45, 7) is -0.393. The number of esters is 1. The number of unbranched alkanes of at least 4 members (excludes halogenated alkanes) is 8. The van der Waals surface area contributed by atoms with Gasteiger partial charge in [0.15, 0.2) is 0 Å². The van der Waals surface area contributed by atoms with E-state index in [1.807, 2.05) is 0 Å². The van der Waals surface area contributed by atoms with Gasteiger partial charge in [0.25, 0.3) is 5.69 Å². The summed E-state index contributed by atoms with van der Waals surface area (Å²) in [5, 5.41) is 11.2. The molecule has 0 saturated carbocycles. The summed E-state index contributed by atoms with van der Waals surface area (Å²) in [6.07, 6.45) is 9.99. The minimum Gasteiger partial charge on any atom is -0.461 e. The van der Waals surface area contributed by atoms with E-state index in [0.717, 1.165) is 25.3 Å². The standard InChI is InChI=1S/C19H28ClNO4/c1-2-3-4-5-6-7-8-9-10-11-19(22)25-15-16-12-13-17(20)14-18(16)21(23)24/h12-14H,2-11,15H2,1H3/i15D2. The van der Waals surface area contributed by atoms with Gasteiger partial charge in [0, 0.05) is 17.5 Å². The molecule has 0 aliphatic carbocycles. The Labute approximate surface area is 157 Å². The van der Waals surface area contributed by atoms with Crippen molar-refractivity contribution in [1.82, 2.24) is 0 Å². The zero-order valence-corrected chi connectivity index (χ0v) is 15.5. The molecule has 25 heavy (non-hydrogen) atoms. The van der Waals surface area contributed by atoms with Gasteiger partial charge in [-0.3, -0.25) is 14.9 Å². The predicted molar refractivity (Wildman–Crippen MR) is 99.7 cm³/mol. The van der Waals surface area contributed by atoms with E-state index >= 15 is 0 Å². The Bertz CT molecular complexity index is 626. The predicted octanol–water partition coefficient (Wildman–Crippen LogP) is 6.21. The zero-order valence-electron chi connectivity index (χ0n) is 16.8. The molecule has 1 rings (SSSR count). The van der Waals surface area contributed by atoms with E-state index in [-0.39, 0.29) is 17.0 Å². The Morgan fingerprint density at radius 3 is 2.36 bits per heavy atom. The second-order valence-corrected chi connectivity index (χ2v) is 6.51. The first-order valence-corrected chi connectivity index (χ1v) is 9.32. The molecule has 0 unspecified atom stereocenters. The van der Waals surface area contributed by atoms with Gasteiger partial charge >= 0.3 is 5.97 Å². The van der Waals surface area contributed by atoms with Crippen LogP contribution in [0.4, 0.5) is 5.69 Å². The summed E-state index contributed by atoms with van der Waals surface area (Å²) < 4.78 is 20.7. The van der Waals surface area contributed by atoms with Gasteiger partial charge in [-0.25, -0.2) is 0 Å². The highest BCUT2D eigenvalue weighted by molar-refractivity contribution is 6.30. The SMILES string of the molecule is [2H]C([2H])(OC(=O)CCCCCCCCCCC)c1ccc(Cl)cc1[N+](=O)[O-]. The number of hydrogen-bond acceptors (Lipinski definition) is 4. The topological polar surface area (TPSA) is 69.4 Å². The van der Waals surface area contributed by atoms with Gasteiger partial charge in [0.1, 0.15) is 6.56 Å². The van der Waals surface area contributed by atoms with Gasteiger partial charge in [-0.2, -0.15) is 0 Å². The average Bonchev–Trinajstić information content (AvgIpc) is 2.59. The van der Waals surface area contributed by atoms with Crippen LogP contribution in [0.3, 0.4) is 0 Å². The van der Waals surface area contributed by atoms with Crippen molar-refractivity contribution in [2.24, 2.45) is 0 Å². The van der Waals surface area contributed by atoms with Crippen LogP contribution in [0.5, 0.6) is 0 Å². The summed E-state index contributed by atoms with van der Waals surface area (Å²) in [7, 11) is 0. The van der Waals surface area contributed by atoms with Crippen LogP contribution in [0.2, 0.25) is 5.02 Å². The van der Waals surface area contributed by atoms with Gasteiger partial charge in [0.05, 0.1) is 13.2 Å². The summed E-state index contributed by atoms with van der Waals surface area (Å²) in [4.78, 5) is 22.3. The number of nitro benzene ring substituents is 1. The van der Waals surface area contributed by atoms with Crippen LogP contribution in [-0.4, -0.2) is 10.9 Å². The lowest BCUT2D eigenvalue weighted by molar-refractivity contribution is -0.385. The first-order chi connectivity index (χ1) is 12.8. The highest BCUT2D eigenvalue weighted by Gasteiger charge is 2.15. The number of halogens is 1. The Kier molecular flexibility index (Phi) is 9.24. The monoisotopic (exact) mass is 371 g/mol. The first-order valence-electron chi connectivity index (χ1n) is 9.94. The van der Waals surface area contributed by atoms with E-state index < -0.39 is 23.1 Å². The molecule has 0 bridgehead atoms. The summed E-state index contributed by atoms with van der Waals surface area (Å²) >= 11 is 5.73. The molecule has 6 heteroatoms. The minimum absolute atomic E-state index is 0.0940. The largest absolute Gasteiger partial charge is 0.461 e. The highest BCUT2D eigenvalue weighted by Crippen LogP contribution is 2.24. The lowest BCUT2D eigenvalue weighted by Gasteiger charge is -2.06. The van der Waals surface area contributed by atoms with Crippen LogP contribution in [0.15, 0.2) is 18.2 Å². The van der Waals surface area contributed by atoms with Gasteiger partial charge in [-0.1, -0.05) is 69.9 Å². The molecule has 0 heterocycles. The van der Waals surface area contributed by atoms with E-state index in [4.69, 9.17) is 19.1 Å². The molecule has 1 aromatic rings. The third-order valence-electron chi connectivity index (χ3n) is 3.92. The number of hydrogen-bond donors (Lipinski definition) is 0. The Morgan fingerprint density at radius 2 is 1.76 bits per heavy atom. The fourth-order valence-electron chi connectivity index (χ4n) is 2.49. The van der Waals surface area contributed by atoms with Crippen molar-refractivity contribution in [2.75, 3.05) is 0 Å². The summed E-state index contributed by atoms with van der Waals surface area (Å²) in [5.41, 5.74) is -0.833. The van der Waals surface area contributed by atoms with Crippen molar-refractivity contribution in [3.63, 3.8) is 0 Å². The number of nitrogens with zero attached hydrogens (tertiary/aromatic N) is 1. The van der Waals surface area contributed by atoms with E-state index in [1.165, 1.54) is 44.2 Å². The molecule has 0 saturated heterocycles. The molecule has 0 amide bonds. The molecule has 0 spiro atoms. The van der Waals surface area contributed by atoms with Gasteiger partial charge < -0.3 is 4.74 Å². The van der Waals surface area contributed by atoms with E-state index in [9.17, 15) is 14.9 Å². The number of ether oxygens (including phenoxy) is 1. The molecule has 0 aromatic heterocycles. The van der Waals surface area contributed by atoms with Crippen LogP contribution in [0.1, 0.15) is 79.4 Å². The Hall–Kier alpha value is -1.62. The number of rotatable bonds is 13. The van der Waals surface area contributed by atoms with E-state index in [0.29, 0.717) is 6.42 Å². The molecule has 0 N–H and O–H groups in total. The van der Waals surface area contributed by atoms with Gasteiger partial charge in [-0.05, 0) is 18.6 Å². The maximum absolute atomic E-state index is 11.9. The van der Waals surface area contributed by atoms with Crippen LogP contribution in [-0.2, 0) is 16.1 Å². The second-order valence-electron chi connectivity index (χ2n) is 6.07. The van der Waals surface area contributed by atoms with Crippen LogP contribution in [0.25, 0.3) is 0 Å². The van der Waals surface area contributed by atoms with Crippen molar-refractivity contribution in [3.8, 4) is 0 Å². The first kappa shape index (κ1) is 18.2. The maximum Gasteiger partial charge on any atom is 0.306 e. The quantitative estimate of drug-likeness (QED) is 0.179. The second kappa shape index (κ2) is 12.7. The maximum atomic E-state index is 11.9. The fraction of sp³-hybridized carbons (Fsp3) is 0.632. The van der Waals surface area contributed by atoms with E-state index in [1.54, 1.807) is 0 Å². The molecule has 5 nitrogen and oxygen atoms in total. The summed E-state index contributed by atoms with van der Waals surface area (Å²) in [5.74, 6) is -0.702. The van der Waals surface area contributed by atoms with Crippen molar-refractivity contribution in [2.45, 2.75) is 77.7 Å². The van der Waals surface area contributed by atoms with Gasteiger partial charge in [0.2, 0.25) is 0 Å². The number of nitro groups is 1. The highest BCUT2D eigenvalue weighted by atomic mass is 35.5. The molecule has 0 atom stereocenters. The molecule has 140 valence electrons. The molecule has 0 radical (unpaired) electrons. The Balaban J connectivity index is 2.40. The van der Waals surface area contributed by atoms with Crippen molar-refractivity contribution >= 4 is 23.3 Å². The average molecular weight is 372 g/mol. The van der Waals surface area contributed by atoms with Crippen molar-refractivity contribution in [1.29, 1.82) is 0 Å². The molecule has 0 aliphatic heterocycles. The van der Waals surface area contributed by atoms with Crippen LogP contribution < -0.4 is 0 Å². The smallest absolute Gasteiger partial charge is 0.306 e. The van der Waals surface area contributed by atoms with Crippen LogP contribution >= 0.6 is 11.6 Å². The van der Waals surface area contributed by atoms with Crippen molar-refractivity contribution in [3.05, 3.63) is 38.9 Å².